The van der Waals surface area contributed by atoms with Crippen LogP contribution in [0.25, 0.3) is 0 Å². The first kappa shape index (κ1) is 14.1. The van der Waals surface area contributed by atoms with Gasteiger partial charge in [-0.25, -0.2) is 4.79 Å². The molecule has 2 N–H and O–H groups in total. The number of carboxylic acids is 1. The van der Waals surface area contributed by atoms with Crippen LogP contribution in [0.15, 0.2) is 53.6 Å². The Balaban J connectivity index is 2.10. The first-order valence-electron chi connectivity index (χ1n) is 5.96. The second kappa shape index (κ2) is 6.21. The molecule has 0 aliphatic heterocycles. The second-order valence-corrected chi connectivity index (χ2v) is 4.64. The topological polar surface area (TPSA) is 61.7 Å². The second-order valence-electron chi connectivity index (χ2n) is 4.20. The van der Waals surface area contributed by atoms with Crippen molar-refractivity contribution in [3.63, 3.8) is 0 Å². The number of hydrazone groups is 1. The molecule has 0 saturated heterocycles. The lowest BCUT2D eigenvalue weighted by Gasteiger charge is -2.04. The molecule has 0 radical (unpaired) electrons. The lowest BCUT2D eigenvalue weighted by Crippen LogP contribution is -2.00. The fraction of sp³-hybridized carbons (Fsp3) is 0.0667. The average molecular weight is 289 g/mol. The van der Waals surface area contributed by atoms with E-state index in [2.05, 4.69) is 10.5 Å². The molecule has 2 aromatic carbocycles. The summed E-state index contributed by atoms with van der Waals surface area (Å²) < 4.78 is 0. The summed E-state index contributed by atoms with van der Waals surface area (Å²) in [7, 11) is 0. The van der Waals surface area contributed by atoms with Crippen molar-refractivity contribution in [1.82, 2.24) is 0 Å². The van der Waals surface area contributed by atoms with Gasteiger partial charge >= 0.3 is 5.97 Å². The molecule has 0 saturated carbocycles. The molecule has 0 aliphatic rings. The lowest BCUT2D eigenvalue weighted by atomic mass is 10.1. The SMILES string of the molecule is C/C(=N\Nc1ccc(C(=O)O)cc1)c1cccc(Cl)c1. The van der Waals surface area contributed by atoms with Gasteiger partial charge in [-0.15, -0.1) is 0 Å². The Labute approximate surface area is 121 Å². The van der Waals surface area contributed by atoms with Crippen LogP contribution in [0.2, 0.25) is 5.02 Å². The normalized spacial score (nSPS) is 11.2. The molecule has 5 heteroatoms. The van der Waals surface area contributed by atoms with Crippen LogP contribution in [-0.4, -0.2) is 16.8 Å². The van der Waals surface area contributed by atoms with Crippen molar-refractivity contribution in [1.29, 1.82) is 0 Å². The number of halogens is 1. The van der Waals surface area contributed by atoms with Crippen LogP contribution in [0.1, 0.15) is 22.8 Å². The first-order chi connectivity index (χ1) is 9.56. The minimum atomic E-state index is -0.949. The van der Waals surface area contributed by atoms with E-state index in [0.29, 0.717) is 5.02 Å². The maximum atomic E-state index is 10.7. The van der Waals surface area contributed by atoms with Crippen molar-refractivity contribution in [2.45, 2.75) is 6.92 Å². The standard InChI is InChI=1S/C15H13ClN2O2/c1-10(12-3-2-4-13(16)9-12)17-18-14-7-5-11(6-8-14)15(19)20/h2-9,18H,1H3,(H,19,20)/b17-10+. The number of aromatic carboxylic acids is 1. The van der Waals surface area contributed by atoms with E-state index >= 15 is 0 Å². The molecule has 0 amide bonds. The van der Waals surface area contributed by atoms with Crippen molar-refractivity contribution < 1.29 is 9.90 Å². The number of hydrogen-bond donors (Lipinski definition) is 2. The van der Waals surface area contributed by atoms with Gasteiger partial charge in [-0.2, -0.15) is 5.10 Å². The van der Waals surface area contributed by atoms with Crippen LogP contribution in [0.5, 0.6) is 0 Å². The van der Waals surface area contributed by atoms with Gasteiger partial charge < -0.3 is 5.11 Å². The van der Waals surface area contributed by atoms with Crippen molar-refractivity contribution in [2.75, 3.05) is 5.43 Å². The Hall–Kier alpha value is -2.33. The molecule has 0 heterocycles. The summed E-state index contributed by atoms with van der Waals surface area (Å²) in [6.45, 7) is 1.87. The van der Waals surface area contributed by atoms with Gasteiger partial charge in [-0.3, -0.25) is 5.43 Å². The quantitative estimate of drug-likeness (QED) is 0.663. The molecule has 102 valence electrons. The van der Waals surface area contributed by atoms with Gasteiger partial charge in [0.2, 0.25) is 0 Å². The highest BCUT2D eigenvalue weighted by molar-refractivity contribution is 6.31. The Morgan fingerprint density at radius 2 is 1.85 bits per heavy atom. The van der Waals surface area contributed by atoms with Crippen molar-refractivity contribution in [3.05, 3.63) is 64.7 Å². The van der Waals surface area contributed by atoms with Crippen LogP contribution < -0.4 is 5.43 Å². The largest absolute Gasteiger partial charge is 0.478 e. The van der Waals surface area contributed by atoms with E-state index in [-0.39, 0.29) is 5.56 Å². The van der Waals surface area contributed by atoms with Crippen molar-refractivity contribution in [2.24, 2.45) is 5.10 Å². The summed E-state index contributed by atoms with van der Waals surface area (Å²) >= 11 is 5.92. The molecule has 2 rings (SSSR count). The Kier molecular flexibility index (Phi) is 4.38. The van der Waals surface area contributed by atoms with Crippen molar-refractivity contribution in [3.8, 4) is 0 Å². The Bertz CT molecular complexity index is 651. The van der Waals surface area contributed by atoms with Gasteiger partial charge in [-0.1, -0.05) is 23.7 Å². The minimum Gasteiger partial charge on any atom is -0.478 e. The number of carboxylic acid groups (broad SMARTS) is 1. The summed E-state index contributed by atoms with van der Waals surface area (Å²) in [5, 5.41) is 13.7. The molecule has 0 bridgehead atoms. The number of anilines is 1. The molecular weight excluding hydrogens is 276 g/mol. The number of carbonyl (C=O) groups is 1. The molecule has 0 unspecified atom stereocenters. The van der Waals surface area contributed by atoms with Crippen molar-refractivity contribution >= 4 is 29.0 Å². The fourth-order valence-electron chi connectivity index (χ4n) is 1.61. The molecule has 0 atom stereocenters. The third-order valence-corrected chi connectivity index (χ3v) is 2.96. The predicted octanol–water partition coefficient (Wildman–Crippen LogP) is 3.87. The Morgan fingerprint density at radius 3 is 2.45 bits per heavy atom. The van der Waals surface area contributed by atoms with Crippen LogP contribution in [0, 0.1) is 0 Å². The zero-order valence-corrected chi connectivity index (χ0v) is 11.6. The minimum absolute atomic E-state index is 0.242. The maximum Gasteiger partial charge on any atom is 0.335 e. The van der Waals surface area contributed by atoms with Crippen LogP contribution in [-0.2, 0) is 0 Å². The van der Waals surface area contributed by atoms with E-state index in [1.54, 1.807) is 18.2 Å². The molecule has 4 nitrogen and oxygen atoms in total. The van der Waals surface area contributed by atoms with Gasteiger partial charge in [0.05, 0.1) is 17.0 Å². The van der Waals surface area contributed by atoms with E-state index in [1.165, 1.54) is 12.1 Å². The highest BCUT2D eigenvalue weighted by Crippen LogP contribution is 2.13. The highest BCUT2D eigenvalue weighted by atomic mass is 35.5. The zero-order valence-electron chi connectivity index (χ0n) is 10.8. The molecule has 0 aromatic heterocycles. The van der Waals surface area contributed by atoms with E-state index in [1.807, 2.05) is 25.1 Å². The monoisotopic (exact) mass is 288 g/mol. The summed E-state index contributed by atoms with van der Waals surface area (Å²) in [4.78, 5) is 10.7. The predicted molar refractivity (Wildman–Crippen MR) is 80.7 cm³/mol. The molecule has 0 spiro atoms. The fourth-order valence-corrected chi connectivity index (χ4v) is 1.80. The van der Waals surface area contributed by atoms with E-state index in [0.717, 1.165) is 17.0 Å². The van der Waals surface area contributed by atoms with Gasteiger partial charge in [0.15, 0.2) is 0 Å². The van der Waals surface area contributed by atoms with Crippen LogP contribution >= 0.6 is 11.6 Å². The summed E-state index contributed by atoms with van der Waals surface area (Å²) in [6, 6.07) is 13.8. The first-order valence-corrected chi connectivity index (χ1v) is 6.33. The summed E-state index contributed by atoms with van der Waals surface area (Å²) in [5.41, 5.74) is 5.55. The smallest absolute Gasteiger partial charge is 0.335 e. The van der Waals surface area contributed by atoms with Gasteiger partial charge in [0.1, 0.15) is 0 Å². The van der Waals surface area contributed by atoms with Gasteiger partial charge in [0.25, 0.3) is 0 Å². The lowest BCUT2D eigenvalue weighted by molar-refractivity contribution is 0.0697. The number of rotatable bonds is 4. The maximum absolute atomic E-state index is 10.7. The molecule has 0 aliphatic carbocycles. The number of hydrogen-bond acceptors (Lipinski definition) is 3. The molecular formula is C15H13ClN2O2. The van der Waals surface area contributed by atoms with E-state index in [9.17, 15) is 4.79 Å². The molecule has 2 aromatic rings. The molecule has 0 fully saturated rings. The Morgan fingerprint density at radius 1 is 1.15 bits per heavy atom. The van der Waals surface area contributed by atoms with Gasteiger partial charge in [-0.05, 0) is 48.9 Å². The van der Waals surface area contributed by atoms with E-state index in [4.69, 9.17) is 16.7 Å². The average Bonchev–Trinajstić information content (AvgIpc) is 2.45. The van der Waals surface area contributed by atoms with E-state index < -0.39 is 5.97 Å². The van der Waals surface area contributed by atoms with Gasteiger partial charge in [0, 0.05) is 5.02 Å². The molecule has 20 heavy (non-hydrogen) atoms. The third kappa shape index (κ3) is 3.59. The summed E-state index contributed by atoms with van der Waals surface area (Å²) in [5.74, 6) is -0.949. The number of benzene rings is 2. The number of nitrogens with one attached hydrogen (secondary N) is 1. The van der Waals surface area contributed by atoms with Crippen LogP contribution in [0.4, 0.5) is 5.69 Å². The summed E-state index contributed by atoms with van der Waals surface area (Å²) in [6.07, 6.45) is 0. The zero-order chi connectivity index (χ0) is 14.5. The highest BCUT2D eigenvalue weighted by Gasteiger charge is 2.01. The van der Waals surface area contributed by atoms with Crippen LogP contribution in [0.3, 0.4) is 0 Å². The third-order valence-electron chi connectivity index (χ3n) is 2.73. The number of nitrogens with zero attached hydrogens (tertiary/aromatic N) is 1.